The molecule has 18 heavy (non-hydrogen) atoms. The van der Waals surface area contributed by atoms with Crippen molar-refractivity contribution in [3.8, 4) is 0 Å². The van der Waals surface area contributed by atoms with E-state index in [1.165, 1.54) is 7.11 Å². The Kier molecular flexibility index (Phi) is 6.70. The minimum absolute atomic E-state index is 0.155. The van der Waals surface area contributed by atoms with Crippen molar-refractivity contribution in [2.75, 3.05) is 32.2 Å². The molecule has 0 fully saturated rings. The summed E-state index contributed by atoms with van der Waals surface area (Å²) >= 11 is 6.98. The van der Waals surface area contributed by atoms with Gasteiger partial charge in [-0.2, -0.15) is 0 Å². The normalized spacial score (nSPS) is 10.1. The highest BCUT2D eigenvalue weighted by molar-refractivity contribution is 7.18. The molecule has 7 heteroatoms. The van der Waals surface area contributed by atoms with Gasteiger partial charge in [-0.05, 0) is 6.42 Å². The topological polar surface area (TPSA) is 60.5 Å². The average molecular weight is 291 g/mol. The largest absolute Gasteiger partial charge is 0.465 e. The van der Waals surface area contributed by atoms with Gasteiger partial charge in [0, 0.05) is 6.54 Å². The fraction of sp³-hybridized carbons (Fsp3) is 0.455. The van der Waals surface area contributed by atoms with E-state index in [-0.39, 0.29) is 5.15 Å². The molecule has 0 aliphatic carbocycles. The lowest BCUT2D eigenvalue weighted by atomic mass is 10.5. The number of anilines is 1. The number of hydrogen-bond acceptors (Lipinski definition) is 6. The zero-order valence-electron chi connectivity index (χ0n) is 10.1. The van der Waals surface area contributed by atoms with E-state index in [9.17, 15) is 4.79 Å². The van der Waals surface area contributed by atoms with E-state index in [0.717, 1.165) is 17.8 Å². The number of carbonyl (C=O) groups excluding carboxylic acids is 1. The van der Waals surface area contributed by atoms with Gasteiger partial charge < -0.3 is 14.8 Å². The highest BCUT2D eigenvalue weighted by Crippen LogP contribution is 2.27. The smallest absolute Gasteiger partial charge is 0.351 e. The number of carbonyl (C=O) groups is 1. The quantitative estimate of drug-likeness (QED) is 0.453. The van der Waals surface area contributed by atoms with Gasteiger partial charge in [-0.25, -0.2) is 9.78 Å². The highest BCUT2D eigenvalue weighted by atomic mass is 35.5. The lowest BCUT2D eigenvalue weighted by Gasteiger charge is -2.03. The van der Waals surface area contributed by atoms with Crippen LogP contribution in [0.2, 0.25) is 5.15 Å². The lowest BCUT2D eigenvalue weighted by molar-refractivity contribution is 0.0606. The number of aromatic nitrogens is 1. The third-order valence-electron chi connectivity index (χ3n) is 1.95. The Bertz CT molecular complexity index is 409. The van der Waals surface area contributed by atoms with Crippen LogP contribution in [0.1, 0.15) is 16.1 Å². The number of halogens is 1. The van der Waals surface area contributed by atoms with Gasteiger partial charge in [0.2, 0.25) is 0 Å². The Labute approximate surface area is 115 Å². The molecule has 0 unspecified atom stereocenters. The van der Waals surface area contributed by atoms with Crippen molar-refractivity contribution in [3.05, 3.63) is 22.7 Å². The third-order valence-corrected chi connectivity index (χ3v) is 3.32. The summed E-state index contributed by atoms with van der Waals surface area (Å²) in [5, 5.41) is 3.76. The second-order valence-corrected chi connectivity index (χ2v) is 4.60. The molecule has 1 aromatic rings. The van der Waals surface area contributed by atoms with Gasteiger partial charge in [-0.3, -0.25) is 0 Å². The van der Waals surface area contributed by atoms with Crippen molar-refractivity contribution < 1.29 is 14.3 Å². The van der Waals surface area contributed by atoms with Crippen LogP contribution < -0.4 is 5.32 Å². The molecule has 0 saturated carbocycles. The monoisotopic (exact) mass is 290 g/mol. The fourth-order valence-electron chi connectivity index (χ4n) is 1.09. The second kappa shape index (κ2) is 8.07. The van der Waals surface area contributed by atoms with E-state index in [0.29, 0.717) is 29.8 Å². The van der Waals surface area contributed by atoms with Crippen LogP contribution in [-0.4, -0.2) is 37.8 Å². The van der Waals surface area contributed by atoms with Crippen LogP contribution >= 0.6 is 22.9 Å². The molecule has 1 aromatic heterocycles. The first-order valence-electron chi connectivity index (χ1n) is 5.36. The van der Waals surface area contributed by atoms with Crippen molar-refractivity contribution in [1.29, 1.82) is 0 Å². The molecule has 0 aliphatic rings. The number of esters is 1. The summed E-state index contributed by atoms with van der Waals surface area (Å²) < 4.78 is 9.91. The van der Waals surface area contributed by atoms with Crippen molar-refractivity contribution in [1.82, 2.24) is 4.98 Å². The third kappa shape index (κ3) is 4.64. The Hall–Kier alpha value is -1.11. The van der Waals surface area contributed by atoms with Crippen LogP contribution in [-0.2, 0) is 9.47 Å². The first kappa shape index (κ1) is 14.9. The van der Waals surface area contributed by atoms with E-state index < -0.39 is 5.97 Å². The minimum atomic E-state index is -0.479. The molecule has 0 amide bonds. The number of methoxy groups -OCH3 is 1. The van der Waals surface area contributed by atoms with Crippen LogP contribution in [0.3, 0.4) is 0 Å². The number of nitrogens with one attached hydrogen (secondary N) is 1. The van der Waals surface area contributed by atoms with Gasteiger partial charge in [0.05, 0.1) is 20.3 Å². The highest BCUT2D eigenvalue weighted by Gasteiger charge is 2.16. The van der Waals surface area contributed by atoms with Crippen molar-refractivity contribution in [2.45, 2.75) is 6.42 Å². The molecule has 5 nitrogen and oxygen atoms in total. The zero-order valence-corrected chi connectivity index (χ0v) is 11.6. The van der Waals surface area contributed by atoms with E-state index in [2.05, 4.69) is 21.6 Å². The van der Waals surface area contributed by atoms with Gasteiger partial charge >= 0.3 is 5.97 Å². The summed E-state index contributed by atoms with van der Waals surface area (Å²) in [6.07, 6.45) is 2.63. The fourth-order valence-corrected chi connectivity index (χ4v) is 2.22. The molecule has 1 heterocycles. The molecule has 1 rings (SSSR count). The summed E-state index contributed by atoms with van der Waals surface area (Å²) in [6.45, 7) is 5.40. The predicted octanol–water partition coefficient (Wildman–Crippen LogP) is 2.59. The SMILES string of the molecule is C=CCCOCCNc1nc(Cl)c(C(=O)OC)s1. The van der Waals surface area contributed by atoms with Crippen LogP contribution in [0.4, 0.5) is 5.13 Å². The summed E-state index contributed by atoms with van der Waals surface area (Å²) in [7, 11) is 1.30. The maximum atomic E-state index is 11.3. The Morgan fingerprint density at radius 3 is 3.06 bits per heavy atom. The number of hydrogen-bond donors (Lipinski definition) is 1. The van der Waals surface area contributed by atoms with Crippen LogP contribution in [0.25, 0.3) is 0 Å². The van der Waals surface area contributed by atoms with E-state index in [4.69, 9.17) is 16.3 Å². The Morgan fingerprint density at radius 2 is 2.39 bits per heavy atom. The summed E-state index contributed by atoms with van der Waals surface area (Å²) in [6, 6.07) is 0. The molecule has 0 radical (unpaired) electrons. The molecule has 100 valence electrons. The predicted molar refractivity (Wildman–Crippen MR) is 72.6 cm³/mol. The van der Waals surface area contributed by atoms with Crippen LogP contribution in [0, 0.1) is 0 Å². The van der Waals surface area contributed by atoms with E-state index >= 15 is 0 Å². The van der Waals surface area contributed by atoms with Gasteiger partial charge in [0.1, 0.15) is 0 Å². The lowest BCUT2D eigenvalue weighted by Crippen LogP contribution is -2.09. The molecule has 0 spiro atoms. The number of rotatable bonds is 8. The molecule has 0 atom stereocenters. The average Bonchev–Trinajstić information content (AvgIpc) is 2.74. The maximum absolute atomic E-state index is 11.3. The van der Waals surface area contributed by atoms with E-state index in [1.54, 1.807) is 6.08 Å². The number of ether oxygens (including phenoxy) is 2. The van der Waals surface area contributed by atoms with Crippen molar-refractivity contribution >= 4 is 34.0 Å². The second-order valence-electron chi connectivity index (χ2n) is 3.25. The van der Waals surface area contributed by atoms with Gasteiger partial charge in [0.15, 0.2) is 15.2 Å². The molecule has 0 saturated heterocycles. The Balaban J connectivity index is 2.35. The van der Waals surface area contributed by atoms with Gasteiger partial charge in [-0.1, -0.05) is 29.0 Å². The summed E-state index contributed by atoms with van der Waals surface area (Å²) in [4.78, 5) is 15.6. The standard InChI is InChI=1S/C11H15ClN2O3S/c1-3-4-6-17-7-5-13-11-14-9(12)8(18-11)10(15)16-2/h3H,1,4-7H2,2H3,(H,13,14). The summed E-state index contributed by atoms with van der Waals surface area (Å²) in [5.74, 6) is -0.479. The summed E-state index contributed by atoms with van der Waals surface area (Å²) in [5.41, 5.74) is 0. The first-order chi connectivity index (χ1) is 8.69. The molecule has 1 N–H and O–H groups in total. The van der Waals surface area contributed by atoms with Crippen molar-refractivity contribution in [3.63, 3.8) is 0 Å². The molecule has 0 aliphatic heterocycles. The van der Waals surface area contributed by atoms with Gasteiger partial charge in [0.25, 0.3) is 0 Å². The minimum Gasteiger partial charge on any atom is -0.465 e. The maximum Gasteiger partial charge on any atom is 0.351 e. The molecular formula is C11H15ClN2O3S. The molecular weight excluding hydrogens is 276 g/mol. The molecule has 0 aromatic carbocycles. The first-order valence-corrected chi connectivity index (χ1v) is 6.55. The number of nitrogens with zero attached hydrogens (tertiary/aromatic N) is 1. The van der Waals surface area contributed by atoms with Crippen molar-refractivity contribution in [2.24, 2.45) is 0 Å². The van der Waals surface area contributed by atoms with E-state index in [1.807, 2.05) is 0 Å². The van der Waals surface area contributed by atoms with Gasteiger partial charge in [-0.15, -0.1) is 6.58 Å². The van der Waals surface area contributed by atoms with Crippen LogP contribution in [0.15, 0.2) is 12.7 Å². The zero-order chi connectivity index (χ0) is 13.4. The number of thiazole rings is 1. The molecule has 0 bridgehead atoms. The Morgan fingerprint density at radius 1 is 1.61 bits per heavy atom. The van der Waals surface area contributed by atoms with Crippen LogP contribution in [0.5, 0.6) is 0 Å².